The molecule has 0 aliphatic carbocycles. The number of unbranched alkanes of at least 4 members (excludes halogenated alkanes) is 26. The van der Waals surface area contributed by atoms with Crippen molar-refractivity contribution in [1.82, 2.24) is 0 Å². The number of carboxylic acids is 1. The zero-order chi connectivity index (χ0) is 31.1. The van der Waals surface area contributed by atoms with Gasteiger partial charge in [-0.15, -0.1) is 0 Å². The SMILES string of the molecule is CCCCCCCCCCCCCCCCOc1ccc(C(=O)O)cc1OCCCCCCCCCCCCCCCC. The van der Waals surface area contributed by atoms with Crippen molar-refractivity contribution in [3.8, 4) is 11.5 Å². The number of ether oxygens (including phenoxy) is 2. The Kier molecular flexibility index (Phi) is 27.7. The quantitative estimate of drug-likeness (QED) is 0.0813. The van der Waals surface area contributed by atoms with Crippen LogP contribution in [0.3, 0.4) is 0 Å². The van der Waals surface area contributed by atoms with Gasteiger partial charge in [0.15, 0.2) is 11.5 Å². The largest absolute Gasteiger partial charge is 0.490 e. The summed E-state index contributed by atoms with van der Waals surface area (Å²) in [4.78, 5) is 11.5. The van der Waals surface area contributed by atoms with E-state index in [1.807, 2.05) is 0 Å². The summed E-state index contributed by atoms with van der Waals surface area (Å²) in [5, 5.41) is 9.42. The van der Waals surface area contributed by atoms with E-state index in [1.165, 1.54) is 161 Å². The summed E-state index contributed by atoms with van der Waals surface area (Å²) in [6, 6.07) is 4.99. The molecular formula is C39H70O4. The molecule has 4 nitrogen and oxygen atoms in total. The van der Waals surface area contributed by atoms with E-state index in [2.05, 4.69) is 13.8 Å². The van der Waals surface area contributed by atoms with Gasteiger partial charge in [0.25, 0.3) is 0 Å². The van der Waals surface area contributed by atoms with E-state index in [-0.39, 0.29) is 5.56 Å². The minimum atomic E-state index is -0.931. The molecule has 1 N–H and O–H groups in total. The van der Waals surface area contributed by atoms with E-state index in [1.54, 1.807) is 18.2 Å². The van der Waals surface area contributed by atoms with Crippen LogP contribution in [0.5, 0.6) is 11.5 Å². The van der Waals surface area contributed by atoms with E-state index in [0.717, 1.165) is 19.3 Å². The first-order chi connectivity index (χ1) is 21.2. The van der Waals surface area contributed by atoms with Crippen molar-refractivity contribution in [2.45, 2.75) is 194 Å². The first kappa shape index (κ1) is 39.3. The highest BCUT2D eigenvalue weighted by molar-refractivity contribution is 5.88. The van der Waals surface area contributed by atoms with Gasteiger partial charge in [0.1, 0.15) is 0 Å². The molecule has 0 bridgehead atoms. The number of hydrogen-bond acceptors (Lipinski definition) is 3. The fourth-order valence-electron chi connectivity index (χ4n) is 5.83. The number of aromatic carboxylic acids is 1. The van der Waals surface area contributed by atoms with Crippen molar-refractivity contribution in [3.05, 3.63) is 23.8 Å². The van der Waals surface area contributed by atoms with Crippen molar-refractivity contribution < 1.29 is 19.4 Å². The maximum atomic E-state index is 11.5. The molecule has 250 valence electrons. The van der Waals surface area contributed by atoms with E-state index in [0.29, 0.717) is 24.7 Å². The molecule has 0 atom stereocenters. The van der Waals surface area contributed by atoms with E-state index in [9.17, 15) is 9.90 Å². The average Bonchev–Trinajstić information content (AvgIpc) is 3.01. The maximum absolute atomic E-state index is 11.5. The molecule has 0 spiro atoms. The number of carboxylic acid groups (broad SMARTS) is 1. The minimum Gasteiger partial charge on any atom is -0.490 e. The number of rotatable bonds is 33. The van der Waals surface area contributed by atoms with Gasteiger partial charge in [0.2, 0.25) is 0 Å². The van der Waals surface area contributed by atoms with Gasteiger partial charge < -0.3 is 14.6 Å². The van der Waals surface area contributed by atoms with Crippen LogP contribution >= 0.6 is 0 Å². The van der Waals surface area contributed by atoms with Crippen LogP contribution in [0.4, 0.5) is 0 Å². The van der Waals surface area contributed by atoms with Crippen LogP contribution in [-0.2, 0) is 0 Å². The summed E-state index contributed by atoms with van der Waals surface area (Å²) in [5.41, 5.74) is 0.250. The normalized spacial score (nSPS) is 11.2. The molecule has 1 aromatic carbocycles. The highest BCUT2D eigenvalue weighted by atomic mass is 16.5. The van der Waals surface area contributed by atoms with E-state index >= 15 is 0 Å². The number of benzene rings is 1. The summed E-state index contributed by atoms with van der Waals surface area (Å²) in [6.07, 6.45) is 37.3. The molecule has 1 rings (SSSR count). The van der Waals surface area contributed by atoms with Gasteiger partial charge in [0.05, 0.1) is 18.8 Å². The zero-order valence-electron chi connectivity index (χ0n) is 28.6. The molecule has 0 unspecified atom stereocenters. The lowest BCUT2D eigenvalue weighted by Crippen LogP contribution is -2.05. The molecule has 0 saturated heterocycles. The predicted molar refractivity (Wildman–Crippen MR) is 185 cm³/mol. The molecule has 1 aromatic rings. The minimum absolute atomic E-state index is 0.250. The fraction of sp³-hybridized carbons (Fsp3) is 0.821. The molecule has 0 aromatic heterocycles. The third-order valence-electron chi connectivity index (χ3n) is 8.70. The highest BCUT2D eigenvalue weighted by Crippen LogP contribution is 2.29. The third-order valence-corrected chi connectivity index (χ3v) is 8.70. The second-order valence-corrected chi connectivity index (χ2v) is 12.9. The first-order valence-electron chi connectivity index (χ1n) is 18.8. The van der Waals surface area contributed by atoms with Crippen molar-refractivity contribution in [2.24, 2.45) is 0 Å². The van der Waals surface area contributed by atoms with Crippen LogP contribution in [0.15, 0.2) is 18.2 Å². The van der Waals surface area contributed by atoms with Gasteiger partial charge in [-0.25, -0.2) is 4.79 Å². The van der Waals surface area contributed by atoms with Gasteiger partial charge in [-0.3, -0.25) is 0 Å². The monoisotopic (exact) mass is 603 g/mol. The van der Waals surface area contributed by atoms with Gasteiger partial charge >= 0.3 is 5.97 Å². The van der Waals surface area contributed by atoms with Crippen LogP contribution in [0.25, 0.3) is 0 Å². The molecule has 0 aliphatic heterocycles. The van der Waals surface area contributed by atoms with Gasteiger partial charge in [-0.2, -0.15) is 0 Å². The average molecular weight is 603 g/mol. The molecule has 0 heterocycles. The lowest BCUT2D eigenvalue weighted by molar-refractivity contribution is 0.0696. The first-order valence-corrected chi connectivity index (χ1v) is 18.8. The van der Waals surface area contributed by atoms with Gasteiger partial charge in [-0.05, 0) is 31.0 Å². The Morgan fingerprint density at radius 2 is 0.767 bits per heavy atom. The topological polar surface area (TPSA) is 55.8 Å². The summed E-state index contributed by atoms with van der Waals surface area (Å²) >= 11 is 0. The van der Waals surface area contributed by atoms with Gasteiger partial charge in [0, 0.05) is 0 Å². The van der Waals surface area contributed by atoms with Gasteiger partial charge in [-0.1, -0.05) is 181 Å². The second kappa shape index (κ2) is 30.3. The van der Waals surface area contributed by atoms with Crippen molar-refractivity contribution >= 4 is 5.97 Å². The molecule has 43 heavy (non-hydrogen) atoms. The summed E-state index contributed by atoms with van der Waals surface area (Å²) in [7, 11) is 0. The Labute approximate surface area is 267 Å². The molecule has 0 amide bonds. The molecule has 0 saturated carbocycles. The molecular weight excluding hydrogens is 532 g/mol. The highest BCUT2D eigenvalue weighted by Gasteiger charge is 2.11. The van der Waals surface area contributed by atoms with Crippen LogP contribution in [-0.4, -0.2) is 24.3 Å². The summed E-state index contributed by atoms with van der Waals surface area (Å²) in [5.74, 6) is 0.310. The standard InChI is InChI=1S/C39H70O4/c1-3-5-7-9-11-13-15-17-19-21-23-25-27-29-33-42-37-32-31-36(39(40)41)35-38(37)43-34-30-28-26-24-22-20-18-16-14-12-10-8-6-4-2/h31-32,35H,3-30,33-34H2,1-2H3,(H,40,41). The van der Waals surface area contributed by atoms with Crippen LogP contribution in [0.1, 0.15) is 204 Å². The second-order valence-electron chi connectivity index (χ2n) is 12.9. The number of hydrogen-bond donors (Lipinski definition) is 1. The van der Waals surface area contributed by atoms with E-state index < -0.39 is 5.97 Å². The molecule has 0 fully saturated rings. The van der Waals surface area contributed by atoms with Crippen LogP contribution in [0, 0.1) is 0 Å². The predicted octanol–water partition coefficient (Wildman–Crippen LogP) is 13.1. The van der Waals surface area contributed by atoms with E-state index in [4.69, 9.17) is 9.47 Å². The maximum Gasteiger partial charge on any atom is 0.335 e. The Bertz CT molecular complexity index is 747. The molecule has 4 heteroatoms. The number of carbonyl (C=O) groups is 1. The lowest BCUT2D eigenvalue weighted by atomic mass is 10.0. The Morgan fingerprint density at radius 1 is 0.465 bits per heavy atom. The van der Waals surface area contributed by atoms with Crippen molar-refractivity contribution in [3.63, 3.8) is 0 Å². The molecule has 0 aliphatic rings. The Morgan fingerprint density at radius 3 is 1.09 bits per heavy atom. The fourth-order valence-corrected chi connectivity index (χ4v) is 5.83. The summed E-state index contributed by atoms with van der Waals surface area (Å²) in [6.45, 7) is 5.82. The Balaban J connectivity index is 2.08. The van der Waals surface area contributed by atoms with Crippen LogP contribution < -0.4 is 9.47 Å². The van der Waals surface area contributed by atoms with Crippen molar-refractivity contribution in [2.75, 3.05) is 13.2 Å². The third kappa shape index (κ3) is 24.3. The van der Waals surface area contributed by atoms with Crippen molar-refractivity contribution in [1.29, 1.82) is 0 Å². The zero-order valence-corrected chi connectivity index (χ0v) is 28.6. The van der Waals surface area contributed by atoms with Crippen LogP contribution in [0.2, 0.25) is 0 Å². The lowest BCUT2D eigenvalue weighted by Gasteiger charge is -2.14. The Hall–Kier alpha value is -1.71. The summed E-state index contributed by atoms with van der Waals surface area (Å²) < 4.78 is 12.1. The smallest absolute Gasteiger partial charge is 0.335 e. The molecule has 0 radical (unpaired) electrons.